The molecule has 10 nitrogen and oxygen atoms in total. The van der Waals surface area contributed by atoms with E-state index in [4.69, 9.17) is 14.8 Å². The molecule has 0 N–H and O–H groups in total. The van der Waals surface area contributed by atoms with Crippen molar-refractivity contribution >= 4 is 28.3 Å². The van der Waals surface area contributed by atoms with Gasteiger partial charge < -0.3 is 14.5 Å². The molecule has 0 radical (unpaired) electrons. The Bertz CT molecular complexity index is 1630. The summed E-state index contributed by atoms with van der Waals surface area (Å²) in [7, 11) is 0. The Morgan fingerprint density at radius 1 is 1.03 bits per heavy atom. The van der Waals surface area contributed by atoms with Crippen LogP contribution in [0.4, 0.5) is 4.79 Å². The van der Waals surface area contributed by atoms with Crippen molar-refractivity contribution in [3.63, 3.8) is 0 Å². The van der Waals surface area contributed by atoms with Crippen LogP contribution in [0.2, 0.25) is 0 Å². The summed E-state index contributed by atoms with van der Waals surface area (Å²) in [4.78, 5) is 47.5. The molecule has 0 spiro atoms. The monoisotopic (exact) mass is 548 g/mol. The molecule has 0 unspecified atom stereocenters. The second-order valence-electron chi connectivity index (χ2n) is 9.84. The summed E-state index contributed by atoms with van der Waals surface area (Å²) in [5.74, 6) is -0.0952. The zero-order valence-electron chi connectivity index (χ0n) is 22.9. The van der Waals surface area contributed by atoms with Crippen LogP contribution >= 0.6 is 11.3 Å². The van der Waals surface area contributed by atoms with Crippen LogP contribution in [0, 0.1) is 27.7 Å². The molecule has 11 heteroatoms. The highest BCUT2D eigenvalue weighted by Crippen LogP contribution is 2.25. The molecule has 3 aromatic heterocycles. The average molecular weight is 549 g/mol. The van der Waals surface area contributed by atoms with E-state index in [0.29, 0.717) is 60.4 Å². The number of hydrogen-bond donors (Lipinski definition) is 0. The first-order valence-corrected chi connectivity index (χ1v) is 13.9. The van der Waals surface area contributed by atoms with Crippen LogP contribution in [0.1, 0.15) is 35.1 Å². The van der Waals surface area contributed by atoms with Gasteiger partial charge in [-0.05, 0) is 52.3 Å². The number of amides is 2. The topological polar surface area (TPSA) is 102 Å². The minimum atomic E-state index is -0.357. The standard InChI is InChI=1S/C28H32N6O4S/c1-6-38-28(37)32-11-9-31(10-12-32)24(35)15-21-16-39-27-29-20(5)25(26(36)33(21)27)22-14-19(4)34(30-22)23-8-7-17(2)13-18(23)3/h7-8,13-14,16H,6,9-12,15H2,1-5H3. The molecular weight excluding hydrogens is 516 g/mol. The van der Waals surface area contributed by atoms with Crippen molar-refractivity contribution < 1.29 is 14.3 Å². The van der Waals surface area contributed by atoms with E-state index in [1.165, 1.54) is 21.3 Å². The lowest BCUT2D eigenvalue weighted by Crippen LogP contribution is -2.51. The quantitative estimate of drug-likeness (QED) is 0.377. The van der Waals surface area contributed by atoms with Gasteiger partial charge in [0.15, 0.2) is 4.96 Å². The van der Waals surface area contributed by atoms with Crippen molar-refractivity contribution in [3.05, 3.63) is 68.2 Å². The van der Waals surface area contributed by atoms with Gasteiger partial charge >= 0.3 is 6.09 Å². The molecule has 2 amide bonds. The van der Waals surface area contributed by atoms with Crippen molar-refractivity contribution in [3.8, 4) is 16.9 Å². The Kier molecular flexibility index (Phi) is 7.26. The first-order chi connectivity index (χ1) is 18.7. The van der Waals surface area contributed by atoms with Crippen molar-refractivity contribution in [2.45, 2.75) is 41.0 Å². The van der Waals surface area contributed by atoms with Gasteiger partial charge in [-0.2, -0.15) is 5.10 Å². The predicted molar refractivity (Wildman–Crippen MR) is 150 cm³/mol. The predicted octanol–water partition coefficient (Wildman–Crippen LogP) is 3.69. The lowest BCUT2D eigenvalue weighted by Gasteiger charge is -2.34. The molecule has 1 fully saturated rings. The molecule has 39 heavy (non-hydrogen) atoms. The summed E-state index contributed by atoms with van der Waals surface area (Å²) < 4.78 is 8.44. The number of ether oxygens (including phenoxy) is 1. The van der Waals surface area contributed by atoms with Crippen molar-refractivity contribution in [2.75, 3.05) is 32.8 Å². The molecule has 4 aromatic rings. The number of fused-ring (bicyclic) bond motifs is 1. The van der Waals surface area contributed by atoms with E-state index < -0.39 is 0 Å². The van der Waals surface area contributed by atoms with Crippen LogP contribution in [0.15, 0.2) is 34.4 Å². The Hall–Kier alpha value is -3.99. The Morgan fingerprint density at radius 3 is 2.44 bits per heavy atom. The number of hydrogen-bond acceptors (Lipinski definition) is 7. The molecule has 1 aromatic carbocycles. The number of aromatic nitrogens is 4. The number of nitrogens with zero attached hydrogens (tertiary/aromatic N) is 6. The normalized spacial score (nSPS) is 13.8. The SMILES string of the molecule is CCOC(=O)N1CCN(C(=O)Cc2csc3nc(C)c(-c4cc(C)n(-c5ccc(C)cc5C)n4)c(=O)n23)CC1. The number of carbonyl (C=O) groups excluding carboxylic acids is 2. The molecule has 5 rings (SSSR count). The summed E-state index contributed by atoms with van der Waals surface area (Å²) in [6.45, 7) is 11.6. The van der Waals surface area contributed by atoms with Gasteiger partial charge in [-0.3, -0.25) is 14.0 Å². The lowest BCUT2D eigenvalue weighted by molar-refractivity contribution is -0.132. The second kappa shape index (κ2) is 10.6. The number of aryl methyl sites for hydroxylation is 4. The van der Waals surface area contributed by atoms with Crippen molar-refractivity contribution in [1.82, 2.24) is 29.0 Å². The second-order valence-corrected chi connectivity index (χ2v) is 10.7. The average Bonchev–Trinajstić information content (AvgIpc) is 3.47. The summed E-state index contributed by atoms with van der Waals surface area (Å²) in [5.41, 5.74) is 6.06. The van der Waals surface area contributed by atoms with Gasteiger partial charge in [0.05, 0.1) is 30.0 Å². The third kappa shape index (κ3) is 5.06. The number of benzene rings is 1. The number of rotatable bonds is 5. The lowest BCUT2D eigenvalue weighted by atomic mass is 10.1. The highest BCUT2D eigenvalue weighted by atomic mass is 32.1. The molecule has 1 saturated heterocycles. The van der Waals surface area contributed by atoms with Gasteiger partial charge in [0.2, 0.25) is 5.91 Å². The van der Waals surface area contributed by atoms with E-state index in [1.807, 2.05) is 49.0 Å². The van der Waals surface area contributed by atoms with Crippen LogP contribution in [0.25, 0.3) is 21.9 Å². The molecule has 0 bridgehead atoms. The van der Waals surface area contributed by atoms with E-state index in [-0.39, 0.29) is 24.0 Å². The number of piperazine rings is 1. The molecule has 0 atom stereocenters. The first kappa shape index (κ1) is 26.6. The molecule has 0 aliphatic carbocycles. The maximum Gasteiger partial charge on any atom is 0.409 e. The number of carbonyl (C=O) groups is 2. The fourth-order valence-electron chi connectivity index (χ4n) is 5.03. The van der Waals surface area contributed by atoms with E-state index in [2.05, 4.69) is 13.0 Å². The van der Waals surface area contributed by atoms with Gasteiger partial charge in [0.1, 0.15) is 5.69 Å². The van der Waals surface area contributed by atoms with E-state index in [1.54, 1.807) is 16.7 Å². The Balaban J connectivity index is 1.43. The summed E-state index contributed by atoms with van der Waals surface area (Å²) in [5, 5.41) is 6.62. The van der Waals surface area contributed by atoms with Crippen molar-refractivity contribution in [2.24, 2.45) is 0 Å². The first-order valence-electron chi connectivity index (χ1n) is 13.0. The Labute approximate surface area is 230 Å². The summed E-state index contributed by atoms with van der Waals surface area (Å²) in [6.07, 6.45) is -0.288. The fraction of sp³-hybridized carbons (Fsp3) is 0.393. The largest absolute Gasteiger partial charge is 0.450 e. The third-order valence-corrected chi connectivity index (χ3v) is 7.91. The highest BCUT2D eigenvalue weighted by molar-refractivity contribution is 7.15. The highest BCUT2D eigenvalue weighted by Gasteiger charge is 2.26. The van der Waals surface area contributed by atoms with Gasteiger partial charge in [0.25, 0.3) is 5.56 Å². The summed E-state index contributed by atoms with van der Waals surface area (Å²) >= 11 is 1.34. The molecule has 0 saturated carbocycles. The van der Waals surface area contributed by atoms with E-state index >= 15 is 0 Å². The molecule has 1 aliphatic heterocycles. The van der Waals surface area contributed by atoms with Crippen LogP contribution in [-0.2, 0) is 16.0 Å². The minimum absolute atomic E-state index is 0.0690. The molecule has 1 aliphatic rings. The van der Waals surface area contributed by atoms with Crippen LogP contribution in [0.3, 0.4) is 0 Å². The molecule has 4 heterocycles. The third-order valence-electron chi connectivity index (χ3n) is 7.04. The molecule has 204 valence electrons. The zero-order valence-corrected chi connectivity index (χ0v) is 23.7. The van der Waals surface area contributed by atoms with Gasteiger partial charge in [-0.25, -0.2) is 14.5 Å². The molecular formula is C28H32N6O4S. The maximum absolute atomic E-state index is 13.8. The summed E-state index contributed by atoms with van der Waals surface area (Å²) in [6, 6.07) is 8.08. The van der Waals surface area contributed by atoms with Gasteiger partial charge in [0, 0.05) is 42.9 Å². The van der Waals surface area contributed by atoms with E-state index in [0.717, 1.165) is 16.9 Å². The maximum atomic E-state index is 13.8. The fourth-order valence-corrected chi connectivity index (χ4v) is 5.95. The Morgan fingerprint density at radius 2 is 1.74 bits per heavy atom. The zero-order chi connectivity index (χ0) is 27.8. The van der Waals surface area contributed by atoms with Crippen LogP contribution in [-0.4, -0.2) is 73.8 Å². The smallest absolute Gasteiger partial charge is 0.409 e. The van der Waals surface area contributed by atoms with Crippen LogP contribution in [0.5, 0.6) is 0 Å². The van der Waals surface area contributed by atoms with Crippen LogP contribution < -0.4 is 5.56 Å². The van der Waals surface area contributed by atoms with Crippen molar-refractivity contribution in [1.29, 1.82) is 0 Å². The minimum Gasteiger partial charge on any atom is -0.450 e. The van der Waals surface area contributed by atoms with Gasteiger partial charge in [-0.15, -0.1) is 11.3 Å². The van der Waals surface area contributed by atoms with E-state index in [9.17, 15) is 14.4 Å². The van der Waals surface area contributed by atoms with Gasteiger partial charge in [-0.1, -0.05) is 17.7 Å². The number of thiazole rings is 1.